The molecule has 0 amide bonds. The van der Waals surface area contributed by atoms with Crippen LogP contribution in [0.25, 0.3) is 16.9 Å². The summed E-state index contributed by atoms with van der Waals surface area (Å²) in [5, 5.41) is 11.4. The van der Waals surface area contributed by atoms with Crippen LogP contribution < -0.4 is 31.4 Å². The van der Waals surface area contributed by atoms with E-state index in [-0.39, 0.29) is 23.7 Å². The Kier molecular flexibility index (Phi) is 6.97. The van der Waals surface area contributed by atoms with Crippen LogP contribution in [0.5, 0.6) is 5.75 Å². The molecule has 0 atom stereocenters. The fourth-order valence-corrected chi connectivity index (χ4v) is 4.56. The van der Waals surface area contributed by atoms with E-state index >= 15 is 0 Å². The van der Waals surface area contributed by atoms with Gasteiger partial charge in [-0.2, -0.15) is 4.98 Å². The van der Waals surface area contributed by atoms with Gasteiger partial charge in [0.05, 0.1) is 25.4 Å². The molecule has 1 aromatic carbocycles. The lowest BCUT2D eigenvalue weighted by molar-refractivity contribution is 0.413. The van der Waals surface area contributed by atoms with Crippen molar-refractivity contribution in [1.29, 1.82) is 0 Å². The Morgan fingerprint density at radius 3 is 2.68 bits per heavy atom. The third kappa shape index (κ3) is 4.65. The third-order valence-corrected chi connectivity index (χ3v) is 6.39. The second-order valence-corrected chi connectivity index (χ2v) is 9.24. The summed E-state index contributed by atoms with van der Waals surface area (Å²) < 4.78 is 10.1. The average Bonchev–Trinajstić information content (AvgIpc) is 3.20. The molecular formula is C26H31N9O3. The smallest absolute Gasteiger partial charge is 0.278 e. The molecule has 1 fully saturated rings. The number of methoxy groups -OCH3 is 1. The van der Waals surface area contributed by atoms with Gasteiger partial charge in [0.2, 0.25) is 5.95 Å². The van der Waals surface area contributed by atoms with Crippen LogP contribution in [-0.4, -0.2) is 62.4 Å². The predicted octanol–water partition coefficient (Wildman–Crippen LogP) is 2.07. The molecule has 38 heavy (non-hydrogen) atoms. The highest BCUT2D eigenvalue weighted by atomic mass is 16.5. The van der Waals surface area contributed by atoms with Gasteiger partial charge in [-0.3, -0.25) is 9.59 Å². The molecule has 0 unspecified atom stereocenters. The van der Waals surface area contributed by atoms with E-state index in [1.807, 2.05) is 32.0 Å². The first kappa shape index (κ1) is 25.2. The quantitative estimate of drug-likeness (QED) is 0.338. The lowest BCUT2D eigenvalue weighted by Crippen LogP contribution is -2.43. The van der Waals surface area contributed by atoms with Crippen LogP contribution in [-0.2, 0) is 6.54 Å². The van der Waals surface area contributed by atoms with E-state index in [2.05, 4.69) is 37.2 Å². The van der Waals surface area contributed by atoms with Crippen molar-refractivity contribution in [2.24, 2.45) is 0 Å². The molecule has 4 aromatic rings. The van der Waals surface area contributed by atoms with Gasteiger partial charge in [-0.15, -0.1) is 11.7 Å². The molecule has 0 spiro atoms. The van der Waals surface area contributed by atoms with Gasteiger partial charge < -0.3 is 20.3 Å². The zero-order valence-electron chi connectivity index (χ0n) is 21.7. The van der Waals surface area contributed by atoms with Gasteiger partial charge in [-0.25, -0.2) is 19.0 Å². The number of hydrogen-bond acceptors (Lipinski definition) is 9. The zero-order chi connectivity index (χ0) is 26.8. The Morgan fingerprint density at radius 1 is 1.18 bits per heavy atom. The van der Waals surface area contributed by atoms with Crippen LogP contribution in [0.3, 0.4) is 0 Å². The monoisotopic (exact) mass is 517 g/mol. The number of benzene rings is 1. The summed E-state index contributed by atoms with van der Waals surface area (Å²) in [6.45, 7) is 11.4. The highest BCUT2D eigenvalue weighted by Crippen LogP contribution is 2.32. The highest BCUT2D eigenvalue weighted by Gasteiger charge is 2.20. The van der Waals surface area contributed by atoms with Crippen LogP contribution in [0.15, 0.2) is 58.8 Å². The van der Waals surface area contributed by atoms with Crippen LogP contribution in [0, 0.1) is 0 Å². The number of piperazine rings is 1. The number of anilines is 3. The summed E-state index contributed by atoms with van der Waals surface area (Å²) in [6, 6.07) is 8.72. The Bertz CT molecular complexity index is 1600. The number of nitrogens with zero attached hydrogens (tertiary/aromatic N) is 7. The van der Waals surface area contributed by atoms with Crippen LogP contribution in [0.1, 0.15) is 19.9 Å². The molecule has 1 aliphatic rings. The number of fused-ring (bicyclic) bond motifs is 1. The standard InChI is InChI=1S/C26H31N9O3/c1-5-12-33-25(37)19-16-28-26(30-24(19)35(33)22-8-9-23(36)34(31-22)17(2)3)29-18-6-7-20(21(15-18)38-4)32-13-10-27-11-14-32/h5-9,15-17,27H,1,10-14H2,2-4H3,(H,28,29,30). The first-order chi connectivity index (χ1) is 18.4. The summed E-state index contributed by atoms with van der Waals surface area (Å²) >= 11 is 0. The lowest BCUT2D eigenvalue weighted by Gasteiger charge is -2.30. The number of rotatable bonds is 8. The summed E-state index contributed by atoms with van der Waals surface area (Å²) in [7, 11) is 1.65. The minimum Gasteiger partial charge on any atom is -0.495 e. The molecule has 3 aromatic heterocycles. The van der Waals surface area contributed by atoms with E-state index in [0.717, 1.165) is 43.3 Å². The van der Waals surface area contributed by atoms with Crippen molar-refractivity contribution in [3.63, 3.8) is 0 Å². The second-order valence-electron chi connectivity index (χ2n) is 9.24. The Balaban J connectivity index is 1.57. The summed E-state index contributed by atoms with van der Waals surface area (Å²) in [5.74, 6) is 1.43. The molecule has 0 radical (unpaired) electrons. The van der Waals surface area contributed by atoms with Crippen molar-refractivity contribution in [1.82, 2.24) is 34.4 Å². The van der Waals surface area contributed by atoms with E-state index in [4.69, 9.17) is 4.74 Å². The number of ether oxygens (including phenoxy) is 1. The summed E-state index contributed by atoms with van der Waals surface area (Å²) in [4.78, 5) is 36.9. The normalized spacial score (nSPS) is 13.7. The summed E-state index contributed by atoms with van der Waals surface area (Å²) in [5.41, 5.74) is 1.62. The molecule has 0 bridgehead atoms. The van der Waals surface area contributed by atoms with Gasteiger partial charge in [-0.1, -0.05) is 6.08 Å². The van der Waals surface area contributed by atoms with E-state index in [9.17, 15) is 9.59 Å². The van der Waals surface area contributed by atoms with Crippen LogP contribution in [0.2, 0.25) is 0 Å². The molecule has 1 saturated heterocycles. The fraction of sp³-hybridized carbons (Fsp3) is 0.346. The maximum Gasteiger partial charge on any atom is 0.278 e. The van der Waals surface area contributed by atoms with Gasteiger partial charge >= 0.3 is 0 Å². The number of allylic oxidation sites excluding steroid dienone is 1. The van der Waals surface area contributed by atoms with Crippen molar-refractivity contribution in [2.45, 2.75) is 26.4 Å². The molecule has 198 valence electrons. The van der Waals surface area contributed by atoms with Crippen LogP contribution >= 0.6 is 0 Å². The average molecular weight is 518 g/mol. The molecule has 12 nitrogen and oxygen atoms in total. The predicted molar refractivity (Wildman–Crippen MR) is 147 cm³/mol. The molecule has 0 aliphatic carbocycles. The minimum atomic E-state index is -0.280. The SMILES string of the molecule is C=CCn1c(=O)c2cnc(Nc3ccc(N4CCNCC4)c(OC)c3)nc2n1-c1ccc(=O)n(C(C)C)n1. The van der Waals surface area contributed by atoms with Crippen molar-refractivity contribution >= 4 is 28.4 Å². The molecule has 1 aliphatic heterocycles. The molecule has 5 rings (SSSR count). The van der Waals surface area contributed by atoms with E-state index in [1.165, 1.54) is 21.6 Å². The van der Waals surface area contributed by atoms with Gasteiger partial charge in [0.25, 0.3) is 11.1 Å². The summed E-state index contributed by atoms with van der Waals surface area (Å²) in [6.07, 6.45) is 3.11. The van der Waals surface area contributed by atoms with Crippen molar-refractivity contribution in [3.8, 4) is 11.6 Å². The largest absolute Gasteiger partial charge is 0.495 e. The van der Waals surface area contributed by atoms with Crippen LogP contribution in [0.4, 0.5) is 17.3 Å². The fourth-order valence-electron chi connectivity index (χ4n) is 4.56. The van der Waals surface area contributed by atoms with Crippen molar-refractivity contribution in [3.05, 3.63) is 69.9 Å². The van der Waals surface area contributed by atoms with Crippen molar-refractivity contribution in [2.75, 3.05) is 43.5 Å². The number of aromatic nitrogens is 6. The highest BCUT2D eigenvalue weighted by molar-refractivity contribution is 5.77. The Labute approximate surface area is 219 Å². The first-order valence-electron chi connectivity index (χ1n) is 12.5. The Hall–Kier alpha value is -4.45. The lowest BCUT2D eigenvalue weighted by atomic mass is 10.2. The van der Waals surface area contributed by atoms with E-state index in [1.54, 1.807) is 23.9 Å². The zero-order valence-corrected chi connectivity index (χ0v) is 21.7. The number of nitrogens with one attached hydrogen (secondary N) is 2. The van der Waals surface area contributed by atoms with E-state index < -0.39 is 0 Å². The van der Waals surface area contributed by atoms with Gasteiger partial charge in [0.1, 0.15) is 11.1 Å². The minimum absolute atomic E-state index is 0.158. The number of hydrogen-bond donors (Lipinski definition) is 2. The second kappa shape index (κ2) is 10.5. The molecule has 2 N–H and O–H groups in total. The van der Waals surface area contributed by atoms with Crippen molar-refractivity contribution < 1.29 is 4.74 Å². The van der Waals surface area contributed by atoms with Gasteiger partial charge in [0.15, 0.2) is 11.5 Å². The maximum atomic E-state index is 13.2. The first-order valence-corrected chi connectivity index (χ1v) is 12.5. The molecular weight excluding hydrogens is 486 g/mol. The Morgan fingerprint density at radius 2 is 1.97 bits per heavy atom. The molecule has 12 heteroatoms. The molecule has 0 saturated carbocycles. The topological polar surface area (TPSA) is 124 Å². The van der Waals surface area contributed by atoms with Gasteiger partial charge in [-0.05, 0) is 32.0 Å². The third-order valence-electron chi connectivity index (χ3n) is 6.39. The maximum absolute atomic E-state index is 13.2. The molecule has 4 heterocycles. The van der Waals surface area contributed by atoms with E-state index in [0.29, 0.717) is 22.8 Å². The van der Waals surface area contributed by atoms with Gasteiger partial charge in [0, 0.05) is 50.2 Å².